The highest BCUT2D eigenvalue weighted by atomic mass is 35.5. The Morgan fingerprint density at radius 2 is 2.00 bits per heavy atom. The van der Waals surface area contributed by atoms with Gasteiger partial charge in [0.1, 0.15) is 18.7 Å². The number of hydrogen-bond acceptors (Lipinski definition) is 3. The van der Waals surface area contributed by atoms with Gasteiger partial charge in [0.2, 0.25) is 0 Å². The number of hydrogen-bond donors (Lipinski definition) is 3. The molecule has 0 aliphatic carbocycles. The van der Waals surface area contributed by atoms with Crippen LogP contribution in [-0.2, 0) is 11.3 Å². The third-order valence-corrected chi connectivity index (χ3v) is 3.24. The first kappa shape index (κ1) is 16.4. The fourth-order valence-electron chi connectivity index (χ4n) is 1.68. The smallest absolute Gasteiger partial charge is 0.126 e. The molecule has 4 nitrogen and oxygen atoms in total. The van der Waals surface area contributed by atoms with E-state index >= 15 is 0 Å². The summed E-state index contributed by atoms with van der Waals surface area (Å²) in [6.07, 6.45) is 0.363. The molecule has 0 heterocycles. The highest BCUT2D eigenvalue weighted by Gasteiger charge is 2.12. The summed E-state index contributed by atoms with van der Waals surface area (Å²) in [7, 11) is 0. The SMILES string of the molecule is CC[C@@H](CO)[NH2+]C[C@@H](O)COCc1ccc(Cl)cc1. The summed E-state index contributed by atoms with van der Waals surface area (Å²) in [6.45, 7) is 3.45. The van der Waals surface area contributed by atoms with Gasteiger partial charge in [0, 0.05) is 5.02 Å². The van der Waals surface area contributed by atoms with Gasteiger partial charge in [-0.2, -0.15) is 0 Å². The first-order chi connectivity index (χ1) is 9.15. The predicted octanol–water partition coefficient (Wildman–Crippen LogP) is 0.552. The molecule has 1 aromatic carbocycles. The first-order valence-corrected chi connectivity index (χ1v) is 6.98. The Kier molecular flexibility index (Phi) is 8.02. The van der Waals surface area contributed by atoms with Crippen LogP contribution < -0.4 is 5.32 Å². The monoisotopic (exact) mass is 288 g/mol. The van der Waals surface area contributed by atoms with Crippen molar-refractivity contribution in [1.29, 1.82) is 0 Å². The van der Waals surface area contributed by atoms with Crippen LogP contribution in [0.15, 0.2) is 24.3 Å². The van der Waals surface area contributed by atoms with Crippen molar-refractivity contribution in [3.8, 4) is 0 Å². The molecule has 0 aliphatic rings. The van der Waals surface area contributed by atoms with Crippen LogP contribution in [0.1, 0.15) is 18.9 Å². The zero-order valence-corrected chi connectivity index (χ0v) is 12.0. The summed E-state index contributed by atoms with van der Waals surface area (Å²) in [5.41, 5.74) is 1.03. The Morgan fingerprint density at radius 1 is 1.32 bits per heavy atom. The van der Waals surface area contributed by atoms with E-state index in [0.717, 1.165) is 12.0 Å². The molecule has 0 saturated heterocycles. The molecule has 4 N–H and O–H groups in total. The highest BCUT2D eigenvalue weighted by molar-refractivity contribution is 6.30. The molecular formula is C14H23ClNO3+. The average molecular weight is 289 g/mol. The number of quaternary nitrogens is 1. The van der Waals surface area contributed by atoms with Gasteiger partial charge in [-0.15, -0.1) is 0 Å². The van der Waals surface area contributed by atoms with Gasteiger partial charge in [-0.3, -0.25) is 0 Å². The van der Waals surface area contributed by atoms with Gasteiger partial charge in [0.25, 0.3) is 0 Å². The molecule has 0 radical (unpaired) electrons. The lowest BCUT2D eigenvalue weighted by Crippen LogP contribution is -2.92. The van der Waals surface area contributed by atoms with Crippen molar-refractivity contribution in [2.24, 2.45) is 0 Å². The largest absolute Gasteiger partial charge is 0.390 e. The van der Waals surface area contributed by atoms with E-state index in [1.54, 1.807) is 0 Å². The van der Waals surface area contributed by atoms with Crippen LogP contribution in [-0.4, -0.2) is 42.1 Å². The minimum atomic E-state index is -0.520. The molecule has 1 rings (SSSR count). The van der Waals surface area contributed by atoms with Crippen LogP contribution in [0, 0.1) is 0 Å². The molecule has 0 unspecified atom stereocenters. The Hall–Kier alpha value is -0.650. The molecule has 0 amide bonds. The molecule has 0 aromatic heterocycles. The van der Waals surface area contributed by atoms with Crippen LogP contribution in [0.3, 0.4) is 0 Å². The summed E-state index contributed by atoms with van der Waals surface area (Å²) in [4.78, 5) is 0. The topological polar surface area (TPSA) is 66.3 Å². The molecule has 2 atom stereocenters. The van der Waals surface area contributed by atoms with E-state index in [4.69, 9.17) is 21.4 Å². The van der Waals surface area contributed by atoms with Crippen molar-refractivity contribution in [3.63, 3.8) is 0 Å². The molecule has 0 fully saturated rings. The van der Waals surface area contributed by atoms with E-state index in [-0.39, 0.29) is 12.6 Å². The van der Waals surface area contributed by atoms with Gasteiger partial charge >= 0.3 is 0 Å². The van der Waals surface area contributed by atoms with Crippen LogP contribution in [0.2, 0.25) is 5.02 Å². The molecule has 0 bridgehead atoms. The van der Waals surface area contributed by atoms with Gasteiger partial charge in [-0.25, -0.2) is 0 Å². The Morgan fingerprint density at radius 3 is 2.58 bits per heavy atom. The van der Waals surface area contributed by atoms with Crippen molar-refractivity contribution >= 4 is 11.6 Å². The zero-order valence-electron chi connectivity index (χ0n) is 11.3. The standard InChI is InChI=1S/C14H22ClNO3/c1-2-13(8-17)16-7-14(18)10-19-9-11-3-5-12(15)6-4-11/h3-6,13-14,16-18H,2,7-10H2,1H3/p+1/t13-,14+/m0/s1. The van der Waals surface area contributed by atoms with Crippen LogP contribution in [0.25, 0.3) is 0 Å². The summed E-state index contributed by atoms with van der Waals surface area (Å²) < 4.78 is 5.45. The van der Waals surface area contributed by atoms with Gasteiger partial charge in [-0.05, 0) is 24.1 Å². The second-order valence-corrected chi connectivity index (χ2v) is 5.05. The Bertz CT molecular complexity index is 341. The van der Waals surface area contributed by atoms with Gasteiger partial charge in [0.05, 0.1) is 19.8 Å². The fraction of sp³-hybridized carbons (Fsp3) is 0.571. The average Bonchev–Trinajstić information content (AvgIpc) is 2.42. The summed E-state index contributed by atoms with van der Waals surface area (Å²) in [5.74, 6) is 0. The number of rotatable bonds is 9. The maximum absolute atomic E-state index is 9.75. The van der Waals surface area contributed by atoms with E-state index in [2.05, 4.69) is 0 Å². The molecule has 19 heavy (non-hydrogen) atoms. The highest BCUT2D eigenvalue weighted by Crippen LogP contribution is 2.10. The van der Waals surface area contributed by atoms with Gasteiger partial charge < -0.3 is 20.3 Å². The van der Waals surface area contributed by atoms with Crippen LogP contribution >= 0.6 is 11.6 Å². The number of halogens is 1. The molecular weight excluding hydrogens is 266 g/mol. The van der Waals surface area contributed by atoms with Crippen LogP contribution in [0.4, 0.5) is 0 Å². The molecule has 1 aromatic rings. The number of nitrogens with two attached hydrogens (primary N) is 1. The van der Waals surface area contributed by atoms with E-state index in [9.17, 15) is 5.11 Å². The molecule has 0 saturated carbocycles. The van der Waals surface area contributed by atoms with E-state index in [1.165, 1.54) is 0 Å². The fourth-order valence-corrected chi connectivity index (χ4v) is 1.81. The van der Waals surface area contributed by atoms with E-state index < -0.39 is 6.10 Å². The number of aliphatic hydroxyl groups is 2. The number of benzene rings is 1. The van der Waals surface area contributed by atoms with Crippen molar-refractivity contribution in [1.82, 2.24) is 0 Å². The second-order valence-electron chi connectivity index (χ2n) is 4.62. The summed E-state index contributed by atoms with van der Waals surface area (Å²) in [6, 6.07) is 7.60. The summed E-state index contributed by atoms with van der Waals surface area (Å²) in [5, 5.41) is 21.4. The lowest BCUT2D eigenvalue weighted by Gasteiger charge is -2.14. The van der Waals surface area contributed by atoms with E-state index in [0.29, 0.717) is 24.8 Å². The van der Waals surface area contributed by atoms with Crippen LogP contribution in [0.5, 0.6) is 0 Å². The Labute approximate surface area is 119 Å². The third kappa shape index (κ3) is 6.89. The van der Waals surface area contributed by atoms with Gasteiger partial charge in [-0.1, -0.05) is 30.7 Å². The van der Waals surface area contributed by atoms with Crippen molar-refractivity contribution in [2.75, 3.05) is 19.8 Å². The third-order valence-electron chi connectivity index (χ3n) is 2.99. The number of aliphatic hydroxyl groups excluding tert-OH is 2. The lowest BCUT2D eigenvalue weighted by molar-refractivity contribution is -0.696. The normalized spacial score (nSPS) is 14.3. The second kappa shape index (κ2) is 9.28. The minimum absolute atomic E-state index is 0.134. The number of ether oxygens (including phenoxy) is 1. The predicted molar refractivity (Wildman–Crippen MR) is 75.1 cm³/mol. The van der Waals surface area contributed by atoms with Crippen molar-refractivity contribution < 1.29 is 20.3 Å². The van der Waals surface area contributed by atoms with Crippen molar-refractivity contribution in [2.45, 2.75) is 32.1 Å². The van der Waals surface area contributed by atoms with E-state index in [1.807, 2.05) is 36.5 Å². The van der Waals surface area contributed by atoms with Gasteiger partial charge in [0.15, 0.2) is 0 Å². The zero-order chi connectivity index (χ0) is 14.1. The van der Waals surface area contributed by atoms with Crippen molar-refractivity contribution in [3.05, 3.63) is 34.9 Å². The minimum Gasteiger partial charge on any atom is -0.390 e. The molecule has 0 spiro atoms. The Balaban J connectivity index is 2.16. The maximum atomic E-state index is 9.75. The summed E-state index contributed by atoms with van der Waals surface area (Å²) >= 11 is 5.79. The quantitative estimate of drug-likeness (QED) is 0.622. The molecule has 0 aliphatic heterocycles. The molecule has 108 valence electrons. The first-order valence-electron chi connectivity index (χ1n) is 6.60. The molecule has 5 heteroatoms. The lowest BCUT2D eigenvalue weighted by atomic mass is 10.2. The maximum Gasteiger partial charge on any atom is 0.126 e.